The first kappa shape index (κ1) is 36.9. The number of nitrogens with zero attached hydrogens (tertiary/aromatic N) is 1. The van der Waals surface area contributed by atoms with E-state index in [0.29, 0.717) is 19.6 Å². The second kappa shape index (κ2) is 15.6. The molecule has 0 saturated carbocycles. The number of esters is 2. The van der Waals surface area contributed by atoms with Gasteiger partial charge >= 0.3 is 11.9 Å². The summed E-state index contributed by atoms with van der Waals surface area (Å²) in [5.41, 5.74) is -0.0392. The van der Waals surface area contributed by atoms with Crippen molar-refractivity contribution in [2.75, 3.05) is 20.8 Å². The lowest BCUT2D eigenvalue weighted by molar-refractivity contribution is -0.156. The Morgan fingerprint density at radius 1 is 0.955 bits per heavy atom. The van der Waals surface area contributed by atoms with Crippen LogP contribution in [-0.2, 0) is 44.9 Å². The molecule has 2 rings (SSSR count). The van der Waals surface area contributed by atoms with Crippen LogP contribution in [0.25, 0.3) is 0 Å². The summed E-state index contributed by atoms with van der Waals surface area (Å²) in [6.07, 6.45) is 0.595. The van der Waals surface area contributed by atoms with E-state index in [0.717, 1.165) is 23.8 Å². The van der Waals surface area contributed by atoms with E-state index in [4.69, 9.17) is 18.6 Å². The van der Waals surface area contributed by atoms with Gasteiger partial charge in [0, 0.05) is 0 Å². The standard InChI is InChI=1S/C32H46N2O8SSi/c1-24-15-17-27(18-16-24)43(37,38)34-33-28(29(35)39-6)32(30(36)40-7,42-44(8,9)31(3,4)5)21-19-25(2)20-22-41-23-26-13-11-10-12-14-26/h10-18,34H,2,19-23H2,1,3-9H3/b33-28+/t32-/m1/s1. The third kappa shape index (κ3) is 9.85. The number of benzene rings is 2. The number of sulfonamides is 1. The minimum atomic E-state index is -4.22. The van der Waals surface area contributed by atoms with Gasteiger partial charge in [-0.3, -0.25) is 0 Å². The maximum absolute atomic E-state index is 13.7. The highest BCUT2D eigenvalue weighted by molar-refractivity contribution is 7.89. The van der Waals surface area contributed by atoms with Crippen molar-refractivity contribution in [3.05, 3.63) is 77.9 Å². The Balaban J connectivity index is 2.48. The molecule has 0 fully saturated rings. The van der Waals surface area contributed by atoms with Crippen molar-refractivity contribution in [1.29, 1.82) is 0 Å². The Labute approximate surface area is 263 Å². The quantitative estimate of drug-likeness (QED) is 0.0616. The smallest absolute Gasteiger partial charge is 0.357 e. The first-order valence-corrected chi connectivity index (χ1v) is 18.7. The first-order chi connectivity index (χ1) is 20.5. The topological polar surface area (TPSA) is 130 Å². The van der Waals surface area contributed by atoms with Gasteiger partial charge in [-0.15, -0.1) is 0 Å². The third-order valence-electron chi connectivity index (χ3n) is 7.66. The van der Waals surface area contributed by atoms with Crippen molar-refractivity contribution in [3.63, 3.8) is 0 Å². The number of hydrazone groups is 1. The van der Waals surface area contributed by atoms with Crippen LogP contribution in [0.15, 0.2) is 76.7 Å². The molecule has 2 aromatic carbocycles. The molecule has 0 saturated heterocycles. The fraction of sp³-hybridized carbons (Fsp3) is 0.469. The molecule has 44 heavy (non-hydrogen) atoms. The monoisotopic (exact) mass is 646 g/mol. The Hall–Kier alpha value is -3.32. The highest BCUT2D eigenvalue weighted by Crippen LogP contribution is 2.41. The van der Waals surface area contributed by atoms with Crippen molar-refractivity contribution >= 4 is 36.0 Å². The number of nitrogens with one attached hydrogen (secondary N) is 1. The lowest BCUT2D eigenvalue weighted by atomic mass is 9.89. The number of hydrogen-bond acceptors (Lipinski definition) is 9. The lowest BCUT2D eigenvalue weighted by Gasteiger charge is -2.44. The predicted molar refractivity (Wildman–Crippen MR) is 173 cm³/mol. The van der Waals surface area contributed by atoms with Gasteiger partial charge in [-0.25, -0.2) is 9.59 Å². The van der Waals surface area contributed by atoms with Crippen molar-refractivity contribution < 1.29 is 36.6 Å². The lowest BCUT2D eigenvalue weighted by Crippen LogP contribution is -2.60. The summed E-state index contributed by atoms with van der Waals surface area (Å²) >= 11 is 0. The molecule has 10 nitrogen and oxygen atoms in total. The summed E-state index contributed by atoms with van der Waals surface area (Å²) in [4.78, 5) is 29.1. The SMILES string of the molecule is C=C(CCOCc1ccccc1)CC[C@](O[Si](C)(C)C(C)(C)C)(C(=O)OC)/C(=N/NS(=O)(=O)c1ccc(C)cc1)C(=O)OC. The molecule has 0 bridgehead atoms. The molecule has 0 amide bonds. The van der Waals surface area contributed by atoms with E-state index in [2.05, 4.69) is 16.5 Å². The van der Waals surface area contributed by atoms with Gasteiger partial charge in [0.05, 0.1) is 32.3 Å². The van der Waals surface area contributed by atoms with Crippen LogP contribution in [-0.4, -0.2) is 60.8 Å². The summed E-state index contributed by atoms with van der Waals surface area (Å²) < 4.78 is 49.0. The van der Waals surface area contributed by atoms with Crippen LogP contribution in [0, 0.1) is 6.92 Å². The number of ether oxygens (including phenoxy) is 3. The van der Waals surface area contributed by atoms with Crippen molar-refractivity contribution in [3.8, 4) is 0 Å². The average Bonchev–Trinajstić information content (AvgIpc) is 2.97. The molecule has 0 unspecified atom stereocenters. The Morgan fingerprint density at radius 3 is 2.11 bits per heavy atom. The van der Waals surface area contributed by atoms with Gasteiger partial charge in [0.1, 0.15) is 0 Å². The molecule has 0 heterocycles. The van der Waals surface area contributed by atoms with E-state index in [9.17, 15) is 18.0 Å². The number of rotatable bonds is 16. The fourth-order valence-electron chi connectivity index (χ4n) is 3.94. The zero-order chi connectivity index (χ0) is 33.2. The number of hydrogen-bond donors (Lipinski definition) is 1. The van der Waals surface area contributed by atoms with Crippen molar-refractivity contribution in [1.82, 2.24) is 4.83 Å². The summed E-state index contributed by atoms with van der Waals surface area (Å²) in [7, 11) is -4.79. The zero-order valence-electron chi connectivity index (χ0n) is 27.1. The molecule has 0 aliphatic heterocycles. The van der Waals surface area contributed by atoms with E-state index in [1.807, 2.05) is 71.1 Å². The van der Waals surface area contributed by atoms with Gasteiger partial charge in [0.25, 0.3) is 10.0 Å². The van der Waals surface area contributed by atoms with E-state index in [-0.39, 0.29) is 17.7 Å². The molecule has 0 aliphatic carbocycles. The van der Waals surface area contributed by atoms with Gasteiger partial charge in [0.2, 0.25) is 5.60 Å². The average molecular weight is 647 g/mol. The first-order valence-electron chi connectivity index (χ1n) is 14.3. The van der Waals surface area contributed by atoms with Gasteiger partial charge in [-0.05, 0) is 62.0 Å². The maximum Gasteiger partial charge on any atom is 0.357 e. The second-order valence-electron chi connectivity index (χ2n) is 12.1. The van der Waals surface area contributed by atoms with Crippen LogP contribution < -0.4 is 4.83 Å². The largest absolute Gasteiger partial charge is 0.467 e. The molecule has 0 aromatic heterocycles. The summed E-state index contributed by atoms with van der Waals surface area (Å²) in [5, 5.41) is 3.60. The molecule has 12 heteroatoms. The number of aryl methyl sites for hydroxylation is 1. The van der Waals surface area contributed by atoms with Gasteiger partial charge in [-0.2, -0.15) is 18.4 Å². The maximum atomic E-state index is 13.7. The minimum Gasteiger partial charge on any atom is -0.467 e. The summed E-state index contributed by atoms with van der Waals surface area (Å²) in [6, 6.07) is 15.8. The van der Waals surface area contributed by atoms with Crippen LogP contribution in [0.5, 0.6) is 0 Å². The Kier molecular flexibility index (Phi) is 13.1. The Bertz CT molecular complexity index is 1420. The van der Waals surface area contributed by atoms with Crippen molar-refractivity contribution in [2.24, 2.45) is 5.10 Å². The molecule has 1 N–H and O–H groups in total. The van der Waals surface area contributed by atoms with Crippen LogP contribution >= 0.6 is 0 Å². The Morgan fingerprint density at radius 2 is 1.57 bits per heavy atom. The summed E-state index contributed by atoms with van der Waals surface area (Å²) in [5.74, 6) is -1.95. The van der Waals surface area contributed by atoms with Crippen LogP contribution in [0.1, 0.15) is 51.2 Å². The van der Waals surface area contributed by atoms with Crippen molar-refractivity contribution in [2.45, 2.75) is 82.2 Å². The zero-order valence-corrected chi connectivity index (χ0v) is 28.9. The van der Waals surface area contributed by atoms with Crippen LogP contribution in [0.4, 0.5) is 0 Å². The van der Waals surface area contributed by atoms with E-state index < -0.39 is 46.6 Å². The summed E-state index contributed by atoms with van der Waals surface area (Å²) in [6.45, 7) is 16.5. The third-order valence-corrected chi connectivity index (χ3v) is 13.4. The van der Waals surface area contributed by atoms with Gasteiger partial charge in [0.15, 0.2) is 14.0 Å². The molecule has 0 radical (unpaired) electrons. The normalized spacial score (nSPS) is 14.0. The molecule has 0 spiro atoms. The molecular formula is C32H46N2O8SSi. The molecule has 2 aromatic rings. The predicted octanol–water partition coefficient (Wildman–Crippen LogP) is 5.68. The van der Waals surface area contributed by atoms with Gasteiger partial charge in [-0.1, -0.05) is 81.0 Å². The van der Waals surface area contributed by atoms with Crippen LogP contribution in [0.3, 0.4) is 0 Å². The molecular weight excluding hydrogens is 601 g/mol. The number of carbonyl (C=O) groups is 2. The van der Waals surface area contributed by atoms with Gasteiger partial charge < -0.3 is 18.6 Å². The molecule has 0 aliphatic rings. The molecule has 242 valence electrons. The number of carbonyl (C=O) groups excluding carboxylic acids is 2. The highest BCUT2D eigenvalue weighted by atomic mass is 32.2. The second-order valence-corrected chi connectivity index (χ2v) is 18.5. The van der Waals surface area contributed by atoms with E-state index >= 15 is 0 Å². The van der Waals surface area contributed by atoms with Crippen LogP contribution in [0.2, 0.25) is 18.1 Å². The highest BCUT2D eigenvalue weighted by Gasteiger charge is 2.55. The van der Waals surface area contributed by atoms with E-state index in [1.54, 1.807) is 12.1 Å². The molecule has 1 atom stereocenters. The minimum absolute atomic E-state index is 0.0751. The van der Waals surface area contributed by atoms with E-state index in [1.165, 1.54) is 19.2 Å². The number of methoxy groups -OCH3 is 2. The fourth-order valence-corrected chi connectivity index (χ4v) is 6.21.